The molecule has 0 aromatic rings. The first-order valence-corrected chi connectivity index (χ1v) is 8.02. The summed E-state index contributed by atoms with van der Waals surface area (Å²) in [5.41, 5.74) is 0. The molecule has 0 aliphatic carbocycles. The maximum atomic E-state index is 11.3. The third-order valence-electron chi connectivity index (χ3n) is 3.25. The molecule has 1 aliphatic heterocycles. The van der Waals surface area contributed by atoms with Crippen LogP contribution < -0.4 is 0 Å². The Hall–Kier alpha value is -1.24. The van der Waals surface area contributed by atoms with Gasteiger partial charge >= 0.3 is 0 Å². The molecule has 1 heterocycles. The number of unbranched alkanes of at least 4 members (excludes halogenated alkanes) is 3. The van der Waals surface area contributed by atoms with Crippen molar-refractivity contribution in [1.82, 2.24) is 4.90 Å². The van der Waals surface area contributed by atoms with Crippen LogP contribution in [0.1, 0.15) is 32.6 Å². The van der Waals surface area contributed by atoms with Crippen molar-refractivity contribution in [2.45, 2.75) is 32.6 Å². The third-order valence-corrected chi connectivity index (χ3v) is 3.25. The lowest BCUT2D eigenvalue weighted by Gasteiger charge is -2.13. The van der Waals surface area contributed by atoms with Gasteiger partial charge in [0, 0.05) is 18.8 Å². The van der Waals surface area contributed by atoms with Gasteiger partial charge in [0.25, 0.3) is 11.8 Å². The second kappa shape index (κ2) is 12.3. The molecule has 6 heteroatoms. The molecule has 126 valence electrons. The van der Waals surface area contributed by atoms with Crippen LogP contribution in [0.3, 0.4) is 0 Å². The first-order valence-electron chi connectivity index (χ1n) is 8.02. The van der Waals surface area contributed by atoms with E-state index in [2.05, 4.69) is 6.92 Å². The number of hydrogen-bond donors (Lipinski definition) is 0. The van der Waals surface area contributed by atoms with E-state index < -0.39 is 0 Å². The van der Waals surface area contributed by atoms with Crippen LogP contribution in [0.4, 0.5) is 0 Å². The molecule has 0 fully saturated rings. The number of ether oxygens (including phenoxy) is 3. The van der Waals surface area contributed by atoms with Gasteiger partial charge in [-0.15, -0.1) is 0 Å². The highest BCUT2D eigenvalue weighted by atomic mass is 16.5. The summed E-state index contributed by atoms with van der Waals surface area (Å²) in [6.45, 7) is 5.69. The lowest BCUT2D eigenvalue weighted by Crippen LogP contribution is -2.33. The van der Waals surface area contributed by atoms with Gasteiger partial charge in [-0.2, -0.15) is 0 Å². The fraction of sp³-hybridized carbons (Fsp3) is 0.750. The first-order chi connectivity index (χ1) is 10.8. The van der Waals surface area contributed by atoms with E-state index in [9.17, 15) is 9.59 Å². The van der Waals surface area contributed by atoms with Gasteiger partial charge in [0.2, 0.25) is 0 Å². The maximum Gasteiger partial charge on any atom is 0.253 e. The number of nitrogens with zero attached hydrogens (tertiary/aromatic N) is 1. The van der Waals surface area contributed by atoms with Crippen molar-refractivity contribution < 1.29 is 23.8 Å². The zero-order chi connectivity index (χ0) is 16.0. The number of hydrogen-bond acceptors (Lipinski definition) is 5. The van der Waals surface area contributed by atoms with Crippen molar-refractivity contribution in [3.05, 3.63) is 12.2 Å². The molecule has 0 unspecified atom stereocenters. The lowest BCUT2D eigenvalue weighted by atomic mass is 10.2. The van der Waals surface area contributed by atoms with Crippen molar-refractivity contribution in [2.24, 2.45) is 0 Å². The standard InChI is InChI=1S/C16H27NO5/c1-2-3-4-5-9-20-11-13-22-14-12-21-10-8-17-15(18)6-7-16(17)19/h6-7H,2-5,8-14H2,1H3. The molecule has 1 aliphatic rings. The quantitative estimate of drug-likeness (QED) is 0.359. The SMILES string of the molecule is CCCCCCOCCOCCOCCN1C(=O)C=CC1=O. The topological polar surface area (TPSA) is 65.1 Å². The Labute approximate surface area is 132 Å². The Morgan fingerprint density at radius 3 is 1.91 bits per heavy atom. The fourth-order valence-electron chi connectivity index (χ4n) is 1.98. The number of carbonyl (C=O) groups is 2. The average molecular weight is 313 g/mol. The van der Waals surface area contributed by atoms with E-state index in [0.29, 0.717) is 33.0 Å². The van der Waals surface area contributed by atoms with E-state index in [0.717, 1.165) is 17.9 Å². The van der Waals surface area contributed by atoms with Gasteiger partial charge in [-0.1, -0.05) is 26.2 Å². The number of carbonyl (C=O) groups excluding carboxylic acids is 2. The van der Waals surface area contributed by atoms with E-state index in [1.54, 1.807) is 0 Å². The molecule has 1 rings (SSSR count). The normalized spacial score (nSPS) is 14.3. The highest BCUT2D eigenvalue weighted by Crippen LogP contribution is 2.02. The van der Waals surface area contributed by atoms with Crippen molar-refractivity contribution >= 4 is 11.8 Å². The highest BCUT2D eigenvalue weighted by molar-refractivity contribution is 6.12. The first kappa shape index (κ1) is 18.8. The van der Waals surface area contributed by atoms with Crippen molar-refractivity contribution in [2.75, 3.05) is 46.2 Å². The van der Waals surface area contributed by atoms with Crippen LogP contribution in [-0.4, -0.2) is 62.9 Å². The van der Waals surface area contributed by atoms with Crippen LogP contribution in [-0.2, 0) is 23.8 Å². The number of imide groups is 1. The van der Waals surface area contributed by atoms with Gasteiger partial charge in [-0.3, -0.25) is 14.5 Å². The molecule has 0 N–H and O–H groups in total. The summed E-state index contributed by atoms with van der Waals surface area (Å²) in [6, 6.07) is 0. The van der Waals surface area contributed by atoms with Crippen LogP contribution in [0, 0.1) is 0 Å². The Morgan fingerprint density at radius 1 is 0.773 bits per heavy atom. The summed E-state index contributed by atoms with van der Waals surface area (Å²) in [5, 5.41) is 0. The largest absolute Gasteiger partial charge is 0.379 e. The van der Waals surface area contributed by atoms with E-state index in [4.69, 9.17) is 14.2 Å². The molecule has 6 nitrogen and oxygen atoms in total. The second-order valence-electron chi connectivity index (χ2n) is 5.06. The zero-order valence-electron chi connectivity index (χ0n) is 13.4. The van der Waals surface area contributed by atoms with Crippen LogP contribution in [0.5, 0.6) is 0 Å². The number of rotatable bonds is 14. The molecule has 0 atom stereocenters. The average Bonchev–Trinajstić information content (AvgIpc) is 2.83. The van der Waals surface area contributed by atoms with Crippen LogP contribution in [0.25, 0.3) is 0 Å². The molecule has 22 heavy (non-hydrogen) atoms. The fourth-order valence-corrected chi connectivity index (χ4v) is 1.98. The van der Waals surface area contributed by atoms with Crippen LogP contribution in [0.15, 0.2) is 12.2 Å². The third kappa shape index (κ3) is 8.26. The van der Waals surface area contributed by atoms with Gasteiger partial charge in [0.1, 0.15) is 0 Å². The Morgan fingerprint density at radius 2 is 1.32 bits per heavy atom. The van der Waals surface area contributed by atoms with Crippen molar-refractivity contribution in [3.63, 3.8) is 0 Å². The summed E-state index contributed by atoms with van der Waals surface area (Å²) in [5.74, 6) is -0.554. The second-order valence-corrected chi connectivity index (χ2v) is 5.06. The molecular formula is C16H27NO5. The molecule has 0 bridgehead atoms. The minimum Gasteiger partial charge on any atom is -0.379 e. The Balaban J connectivity index is 1.79. The molecule has 0 aromatic heterocycles. The monoisotopic (exact) mass is 313 g/mol. The zero-order valence-corrected chi connectivity index (χ0v) is 13.4. The van der Waals surface area contributed by atoms with Gasteiger partial charge in [-0.05, 0) is 6.42 Å². The minimum atomic E-state index is -0.277. The molecule has 0 radical (unpaired) electrons. The van der Waals surface area contributed by atoms with Gasteiger partial charge in [0.15, 0.2) is 0 Å². The van der Waals surface area contributed by atoms with E-state index in [1.165, 1.54) is 31.4 Å². The molecule has 0 saturated heterocycles. The van der Waals surface area contributed by atoms with Gasteiger partial charge in [0.05, 0.1) is 39.6 Å². The predicted octanol–water partition coefficient (Wildman–Crippen LogP) is 1.54. The predicted molar refractivity (Wildman–Crippen MR) is 82.5 cm³/mol. The minimum absolute atomic E-state index is 0.277. The highest BCUT2D eigenvalue weighted by Gasteiger charge is 2.22. The smallest absolute Gasteiger partial charge is 0.253 e. The van der Waals surface area contributed by atoms with Crippen LogP contribution in [0.2, 0.25) is 0 Å². The lowest BCUT2D eigenvalue weighted by molar-refractivity contribution is -0.137. The van der Waals surface area contributed by atoms with E-state index in [-0.39, 0.29) is 18.4 Å². The summed E-state index contributed by atoms with van der Waals surface area (Å²) in [4.78, 5) is 23.7. The van der Waals surface area contributed by atoms with Crippen molar-refractivity contribution in [1.29, 1.82) is 0 Å². The molecular weight excluding hydrogens is 286 g/mol. The summed E-state index contributed by atoms with van der Waals surface area (Å²) in [6.07, 6.45) is 7.38. The summed E-state index contributed by atoms with van der Waals surface area (Å²) < 4.78 is 16.1. The summed E-state index contributed by atoms with van der Waals surface area (Å²) in [7, 11) is 0. The Kier molecular flexibility index (Phi) is 10.5. The summed E-state index contributed by atoms with van der Waals surface area (Å²) >= 11 is 0. The van der Waals surface area contributed by atoms with Gasteiger partial charge in [-0.25, -0.2) is 0 Å². The molecule has 2 amide bonds. The van der Waals surface area contributed by atoms with E-state index in [1.807, 2.05) is 0 Å². The molecule has 0 spiro atoms. The van der Waals surface area contributed by atoms with Crippen LogP contribution >= 0.6 is 0 Å². The maximum absolute atomic E-state index is 11.3. The van der Waals surface area contributed by atoms with Gasteiger partial charge < -0.3 is 14.2 Å². The molecule has 0 saturated carbocycles. The Bertz CT molecular complexity index is 338. The number of amides is 2. The van der Waals surface area contributed by atoms with Crippen molar-refractivity contribution in [3.8, 4) is 0 Å². The van der Waals surface area contributed by atoms with E-state index >= 15 is 0 Å². The molecule has 0 aromatic carbocycles.